The number of ether oxygens (including phenoxy) is 1. The molecule has 158 valence electrons. The summed E-state index contributed by atoms with van der Waals surface area (Å²) in [4.78, 5) is 28.6. The van der Waals surface area contributed by atoms with E-state index in [2.05, 4.69) is 10.2 Å². The quantitative estimate of drug-likeness (QED) is 0.685. The molecule has 1 heterocycles. The highest BCUT2D eigenvalue weighted by molar-refractivity contribution is 6.30. The molecule has 0 bridgehead atoms. The van der Waals surface area contributed by atoms with E-state index in [1.807, 2.05) is 43.3 Å². The second-order valence-electron chi connectivity index (χ2n) is 6.93. The van der Waals surface area contributed by atoms with Crippen molar-refractivity contribution in [3.63, 3.8) is 0 Å². The SMILES string of the molecule is CCN(CC(=O)Nc1ccc(N2CCOCC2)cc1)C(=O)/C=C/c1ccc(Cl)cc1. The van der Waals surface area contributed by atoms with Crippen LogP contribution in [0.1, 0.15) is 12.5 Å². The van der Waals surface area contributed by atoms with Gasteiger partial charge >= 0.3 is 0 Å². The summed E-state index contributed by atoms with van der Waals surface area (Å²) >= 11 is 5.87. The average Bonchev–Trinajstić information content (AvgIpc) is 2.78. The molecule has 2 amide bonds. The minimum absolute atomic E-state index is 0.00843. The number of carbonyl (C=O) groups is 2. The standard InChI is InChI=1S/C23H26ClN3O3/c1-2-26(23(29)12-5-18-3-6-19(24)7-4-18)17-22(28)25-20-8-10-21(11-9-20)27-13-15-30-16-14-27/h3-12H,2,13-17H2,1H3,(H,25,28)/b12-5+. The summed E-state index contributed by atoms with van der Waals surface area (Å²) in [5, 5.41) is 3.50. The zero-order chi connectivity index (χ0) is 21.3. The molecule has 1 fully saturated rings. The van der Waals surface area contributed by atoms with Crippen LogP contribution >= 0.6 is 11.6 Å². The van der Waals surface area contributed by atoms with Gasteiger partial charge in [-0.2, -0.15) is 0 Å². The second-order valence-corrected chi connectivity index (χ2v) is 7.37. The molecule has 0 radical (unpaired) electrons. The topological polar surface area (TPSA) is 61.9 Å². The fourth-order valence-electron chi connectivity index (χ4n) is 3.14. The Hall–Kier alpha value is -2.83. The van der Waals surface area contributed by atoms with E-state index in [0.29, 0.717) is 17.3 Å². The van der Waals surface area contributed by atoms with Crippen molar-refractivity contribution >= 4 is 40.9 Å². The first-order valence-electron chi connectivity index (χ1n) is 10.0. The van der Waals surface area contributed by atoms with Crippen LogP contribution in [0.2, 0.25) is 5.02 Å². The average molecular weight is 428 g/mol. The molecule has 6 nitrogen and oxygen atoms in total. The molecule has 1 aliphatic rings. The molecule has 3 rings (SSSR count). The van der Waals surface area contributed by atoms with Crippen molar-refractivity contribution in [1.82, 2.24) is 4.90 Å². The minimum atomic E-state index is -0.232. The third-order valence-corrected chi connectivity index (χ3v) is 5.10. The maximum atomic E-state index is 12.4. The van der Waals surface area contributed by atoms with Crippen LogP contribution in [0.4, 0.5) is 11.4 Å². The van der Waals surface area contributed by atoms with Gasteiger partial charge in [0.1, 0.15) is 6.54 Å². The summed E-state index contributed by atoms with van der Waals surface area (Å²) in [7, 11) is 0. The van der Waals surface area contributed by atoms with Crippen molar-refractivity contribution in [3.05, 3.63) is 65.2 Å². The first-order valence-corrected chi connectivity index (χ1v) is 10.4. The number of rotatable bonds is 7. The third-order valence-electron chi connectivity index (χ3n) is 4.84. The van der Waals surface area contributed by atoms with Crippen LogP contribution in [0.25, 0.3) is 6.08 Å². The summed E-state index contributed by atoms with van der Waals surface area (Å²) < 4.78 is 5.37. The minimum Gasteiger partial charge on any atom is -0.378 e. The molecular formula is C23H26ClN3O3. The second kappa shape index (κ2) is 10.8. The highest BCUT2D eigenvalue weighted by atomic mass is 35.5. The Kier molecular flexibility index (Phi) is 7.88. The normalized spacial score (nSPS) is 14.0. The molecule has 30 heavy (non-hydrogen) atoms. The number of likely N-dealkylation sites (N-methyl/N-ethyl adjacent to an activating group) is 1. The van der Waals surface area contributed by atoms with Gasteiger partial charge in [-0.05, 0) is 55.0 Å². The van der Waals surface area contributed by atoms with E-state index in [9.17, 15) is 9.59 Å². The Labute approximate surface area is 182 Å². The molecule has 1 N–H and O–H groups in total. The van der Waals surface area contributed by atoms with Crippen molar-refractivity contribution in [3.8, 4) is 0 Å². The van der Waals surface area contributed by atoms with Gasteiger partial charge in [0.2, 0.25) is 11.8 Å². The number of hydrogen-bond acceptors (Lipinski definition) is 4. The molecule has 1 saturated heterocycles. The zero-order valence-corrected chi connectivity index (χ0v) is 17.8. The van der Waals surface area contributed by atoms with Gasteiger partial charge in [-0.25, -0.2) is 0 Å². The maximum Gasteiger partial charge on any atom is 0.247 e. The molecular weight excluding hydrogens is 402 g/mol. The zero-order valence-electron chi connectivity index (χ0n) is 17.0. The molecule has 0 unspecified atom stereocenters. The van der Waals surface area contributed by atoms with E-state index >= 15 is 0 Å². The predicted molar refractivity (Wildman–Crippen MR) is 121 cm³/mol. The van der Waals surface area contributed by atoms with Gasteiger partial charge in [0.25, 0.3) is 0 Å². The molecule has 0 aromatic heterocycles. The Morgan fingerprint density at radius 3 is 2.40 bits per heavy atom. The fraction of sp³-hybridized carbons (Fsp3) is 0.304. The first kappa shape index (κ1) is 21.9. The third kappa shape index (κ3) is 6.34. The molecule has 0 atom stereocenters. The van der Waals surface area contributed by atoms with Gasteiger partial charge < -0.3 is 19.9 Å². The summed E-state index contributed by atoms with van der Waals surface area (Å²) in [6.07, 6.45) is 3.18. The van der Waals surface area contributed by atoms with E-state index in [-0.39, 0.29) is 18.4 Å². The van der Waals surface area contributed by atoms with Gasteiger partial charge in [0.05, 0.1) is 13.2 Å². The van der Waals surface area contributed by atoms with Crippen molar-refractivity contribution in [1.29, 1.82) is 0 Å². The number of nitrogens with zero attached hydrogens (tertiary/aromatic N) is 2. The molecule has 0 spiro atoms. The summed E-state index contributed by atoms with van der Waals surface area (Å²) in [5.74, 6) is -0.450. The summed E-state index contributed by atoms with van der Waals surface area (Å²) in [6.45, 7) is 5.46. The van der Waals surface area contributed by atoms with E-state index < -0.39 is 0 Å². The van der Waals surface area contributed by atoms with Crippen LogP contribution in [0.3, 0.4) is 0 Å². The van der Waals surface area contributed by atoms with E-state index in [4.69, 9.17) is 16.3 Å². The highest BCUT2D eigenvalue weighted by Gasteiger charge is 2.14. The Morgan fingerprint density at radius 2 is 1.77 bits per heavy atom. The predicted octanol–water partition coefficient (Wildman–Crippen LogP) is 3.68. The highest BCUT2D eigenvalue weighted by Crippen LogP contribution is 2.19. The number of benzene rings is 2. The van der Waals surface area contributed by atoms with E-state index in [1.54, 1.807) is 18.2 Å². The number of amides is 2. The van der Waals surface area contributed by atoms with Gasteiger partial charge in [0.15, 0.2) is 0 Å². The summed E-state index contributed by atoms with van der Waals surface area (Å²) in [5.41, 5.74) is 2.68. The first-order chi connectivity index (χ1) is 14.5. The largest absolute Gasteiger partial charge is 0.378 e. The van der Waals surface area contributed by atoms with Crippen LogP contribution < -0.4 is 10.2 Å². The molecule has 1 aliphatic heterocycles. The molecule has 0 aliphatic carbocycles. The van der Waals surface area contributed by atoms with Crippen LogP contribution in [0.15, 0.2) is 54.6 Å². The van der Waals surface area contributed by atoms with E-state index in [1.165, 1.54) is 11.0 Å². The number of nitrogens with one attached hydrogen (secondary N) is 1. The molecule has 2 aromatic carbocycles. The lowest BCUT2D eigenvalue weighted by Gasteiger charge is -2.29. The van der Waals surface area contributed by atoms with Gasteiger partial charge in [0, 0.05) is 42.1 Å². The van der Waals surface area contributed by atoms with Crippen molar-refractivity contribution in [2.24, 2.45) is 0 Å². The van der Waals surface area contributed by atoms with Crippen LogP contribution in [0.5, 0.6) is 0 Å². The number of carbonyl (C=O) groups excluding carboxylic acids is 2. The molecule has 2 aromatic rings. The van der Waals surface area contributed by atoms with Crippen LogP contribution in [-0.4, -0.2) is 56.1 Å². The smallest absolute Gasteiger partial charge is 0.247 e. The van der Waals surface area contributed by atoms with Crippen LogP contribution in [0, 0.1) is 0 Å². The van der Waals surface area contributed by atoms with Gasteiger partial charge in [-0.15, -0.1) is 0 Å². The Morgan fingerprint density at radius 1 is 1.10 bits per heavy atom. The Bertz CT molecular complexity index is 876. The van der Waals surface area contributed by atoms with Gasteiger partial charge in [-0.1, -0.05) is 23.7 Å². The van der Waals surface area contributed by atoms with Crippen molar-refractivity contribution < 1.29 is 14.3 Å². The maximum absolute atomic E-state index is 12.4. The van der Waals surface area contributed by atoms with Crippen molar-refractivity contribution in [2.75, 3.05) is 49.6 Å². The number of morpholine rings is 1. The van der Waals surface area contributed by atoms with E-state index in [0.717, 1.165) is 37.6 Å². The van der Waals surface area contributed by atoms with Gasteiger partial charge in [-0.3, -0.25) is 9.59 Å². The number of anilines is 2. The molecule has 0 saturated carbocycles. The lowest BCUT2D eigenvalue weighted by Crippen LogP contribution is -2.37. The number of halogens is 1. The Balaban J connectivity index is 1.52. The lowest BCUT2D eigenvalue weighted by atomic mass is 10.2. The monoisotopic (exact) mass is 427 g/mol. The lowest BCUT2D eigenvalue weighted by molar-refractivity contribution is -0.130. The fourth-order valence-corrected chi connectivity index (χ4v) is 3.27. The van der Waals surface area contributed by atoms with Crippen LogP contribution in [-0.2, 0) is 14.3 Å². The van der Waals surface area contributed by atoms with Crippen molar-refractivity contribution in [2.45, 2.75) is 6.92 Å². The summed E-state index contributed by atoms with van der Waals surface area (Å²) in [6, 6.07) is 14.9. The molecule has 7 heteroatoms. The number of hydrogen-bond donors (Lipinski definition) is 1.